The van der Waals surface area contributed by atoms with Crippen molar-refractivity contribution in [3.05, 3.63) is 16.6 Å². The maximum absolute atomic E-state index is 12.2. The van der Waals surface area contributed by atoms with Gasteiger partial charge < -0.3 is 19.5 Å². The van der Waals surface area contributed by atoms with Crippen molar-refractivity contribution in [2.75, 3.05) is 19.7 Å². The number of amides is 1. The molecule has 0 bridgehead atoms. The Hall–Kier alpha value is -1.67. The molecule has 1 aliphatic rings. The molecule has 2 heterocycles. The number of carboxylic acid groups (broad SMARTS) is 1. The van der Waals surface area contributed by atoms with Crippen molar-refractivity contribution in [2.24, 2.45) is 0 Å². The fraction of sp³-hybridized carbons (Fsp3) is 0.643. The summed E-state index contributed by atoms with van der Waals surface area (Å²) in [5.74, 6) is -1.05. The van der Waals surface area contributed by atoms with Crippen molar-refractivity contribution in [3.8, 4) is 0 Å². The van der Waals surface area contributed by atoms with Crippen molar-refractivity contribution >= 4 is 23.4 Å². The quantitative estimate of drug-likeness (QED) is 0.910. The van der Waals surface area contributed by atoms with Gasteiger partial charge in [0.15, 0.2) is 0 Å². The first kappa shape index (κ1) is 16.7. The highest BCUT2D eigenvalue weighted by Crippen LogP contribution is 2.37. The molecule has 8 heteroatoms. The zero-order valence-corrected chi connectivity index (χ0v) is 13.7. The number of ether oxygens (including phenoxy) is 2. The number of nitrogens with zero attached hydrogens (tertiary/aromatic N) is 2. The van der Waals surface area contributed by atoms with Crippen LogP contribution in [0.4, 0.5) is 4.79 Å². The van der Waals surface area contributed by atoms with E-state index in [9.17, 15) is 9.59 Å². The highest BCUT2D eigenvalue weighted by molar-refractivity contribution is 7.09. The van der Waals surface area contributed by atoms with Gasteiger partial charge in [-0.1, -0.05) is 0 Å². The second kappa shape index (κ2) is 6.21. The van der Waals surface area contributed by atoms with E-state index in [1.54, 1.807) is 32.3 Å². The molecule has 2 rings (SSSR count). The lowest BCUT2D eigenvalue weighted by atomic mass is 10.0. The van der Waals surface area contributed by atoms with Crippen LogP contribution in [-0.4, -0.2) is 52.4 Å². The highest BCUT2D eigenvalue weighted by Gasteiger charge is 2.45. The van der Waals surface area contributed by atoms with Crippen molar-refractivity contribution in [3.63, 3.8) is 0 Å². The Labute approximate surface area is 132 Å². The van der Waals surface area contributed by atoms with Crippen molar-refractivity contribution < 1.29 is 24.2 Å². The molecule has 0 radical (unpaired) electrons. The van der Waals surface area contributed by atoms with Crippen LogP contribution in [-0.2, 0) is 19.9 Å². The van der Waals surface area contributed by atoms with E-state index >= 15 is 0 Å². The van der Waals surface area contributed by atoms with Gasteiger partial charge in [0.1, 0.15) is 22.8 Å². The maximum Gasteiger partial charge on any atom is 0.410 e. The summed E-state index contributed by atoms with van der Waals surface area (Å²) in [5, 5.41) is 11.3. The second-order valence-electron chi connectivity index (χ2n) is 6.17. The lowest BCUT2D eigenvalue weighted by molar-refractivity contribution is -0.149. The van der Waals surface area contributed by atoms with Gasteiger partial charge in [0, 0.05) is 24.5 Å². The predicted octanol–water partition coefficient (Wildman–Crippen LogP) is 2.08. The van der Waals surface area contributed by atoms with Crippen LogP contribution in [0.3, 0.4) is 0 Å². The molecule has 22 heavy (non-hydrogen) atoms. The Morgan fingerprint density at radius 3 is 2.77 bits per heavy atom. The number of thiazole rings is 1. The van der Waals surface area contributed by atoms with Crippen molar-refractivity contribution in [1.29, 1.82) is 0 Å². The molecule has 7 nitrogen and oxygen atoms in total. The lowest BCUT2D eigenvalue weighted by Crippen LogP contribution is -2.40. The zero-order valence-electron chi connectivity index (χ0n) is 12.9. The predicted molar refractivity (Wildman–Crippen MR) is 79.8 cm³/mol. The summed E-state index contributed by atoms with van der Waals surface area (Å²) in [6.07, 6.45) is 1.71. The Balaban J connectivity index is 2.13. The van der Waals surface area contributed by atoms with Gasteiger partial charge in [-0.05, 0) is 20.8 Å². The van der Waals surface area contributed by atoms with E-state index in [1.165, 1.54) is 16.2 Å². The van der Waals surface area contributed by atoms with Crippen LogP contribution in [0.1, 0.15) is 32.2 Å². The number of hydrogen-bond donors (Lipinski definition) is 1. The summed E-state index contributed by atoms with van der Waals surface area (Å²) in [5.41, 5.74) is -1.45. The maximum atomic E-state index is 12.2. The molecule has 0 saturated carbocycles. The Morgan fingerprint density at radius 1 is 1.50 bits per heavy atom. The van der Waals surface area contributed by atoms with Crippen LogP contribution in [0, 0.1) is 0 Å². The molecule has 0 aliphatic carbocycles. The Bertz CT molecular complexity index is 540. The van der Waals surface area contributed by atoms with E-state index < -0.39 is 29.9 Å². The van der Waals surface area contributed by atoms with Crippen LogP contribution in [0.5, 0.6) is 0 Å². The van der Waals surface area contributed by atoms with Gasteiger partial charge in [-0.15, -0.1) is 11.3 Å². The molecule has 1 amide bonds. The first-order valence-corrected chi connectivity index (χ1v) is 7.83. The zero-order chi connectivity index (χ0) is 16.4. The third-order valence-electron chi connectivity index (χ3n) is 3.18. The third-order valence-corrected chi connectivity index (χ3v) is 4.14. The average Bonchev–Trinajstić information content (AvgIpc) is 3.04. The number of aromatic nitrogens is 1. The van der Waals surface area contributed by atoms with E-state index in [0.29, 0.717) is 18.0 Å². The summed E-state index contributed by atoms with van der Waals surface area (Å²) in [4.78, 5) is 28.8. The van der Waals surface area contributed by atoms with Crippen LogP contribution in [0.25, 0.3) is 0 Å². The summed E-state index contributed by atoms with van der Waals surface area (Å²) in [6.45, 7) is 5.65. The number of hydrogen-bond acceptors (Lipinski definition) is 6. The SMILES string of the molecule is CC(C)(C)OC(=O)N1CCC(OCC(=O)O)(c2nccs2)C1. The normalized spacial score (nSPS) is 21.9. The van der Waals surface area contributed by atoms with Gasteiger partial charge in [-0.2, -0.15) is 0 Å². The van der Waals surface area contributed by atoms with Crippen LogP contribution in [0.2, 0.25) is 0 Å². The fourth-order valence-electron chi connectivity index (χ4n) is 2.27. The fourth-order valence-corrected chi connectivity index (χ4v) is 3.08. The first-order chi connectivity index (χ1) is 10.2. The largest absolute Gasteiger partial charge is 0.480 e. The average molecular weight is 328 g/mol. The second-order valence-corrected chi connectivity index (χ2v) is 7.06. The molecule has 1 N–H and O–H groups in total. The smallest absolute Gasteiger partial charge is 0.410 e. The summed E-state index contributed by atoms with van der Waals surface area (Å²) >= 11 is 1.39. The van der Waals surface area contributed by atoms with Crippen molar-refractivity contribution in [1.82, 2.24) is 9.88 Å². The topological polar surface area (TPSA) is 89.0 Å². The van der Waals surface area contributed by atoms with Crippen molar-refractivity contribution in [2.45, 2.75) is 38.4 Å². The monoisotopic (exact) mass is 328 g/mol. The van der Waals surface area contributed by atoms with Crippen LogP contribution in [0.15, 0.2) is 11.6 Å². The minimum atomic E-state index is -1.05. The van der Waals surface area contributed by atoms with Gasteiger partial charge >= 0.3 is 12.1 Å². The molecule has 1 saturated heterocycles. The molecule has 1 unspecified atom stereocenters. The number of carbonyl (C=O) groups excluding carboxylic acids is 1. The summed E-state index contributed by atoms with van der Waals surface area (Å²) in [6, 6.07) is 0. The van der Waals surface area contributed by atoms with E-state index in [2.05, 4.69) is 4.98 Å². The third kappa shape index (κ3) is 3.95. The molecular formula is C14H20N2O5S. The Kier molecular flexibility index (Phi) is 4.72. The standard InChI is InChI=1S/C14H20N2O5S/c1-13(2,3)21-12(19)16-6-4-14(9-16,20-8-10(17)18)11-15-5-7-22-11/h5,7H,4,6,8-9H2,1-3H3,(H,17,18). The first-order valence-electron chi connectivity index (χ1n) is 6.95. The highest BCUT2D eigenvalue weighted by atomic mass is 32.1. The minimum Gasteiger partial charge on any atom is -0.480 e. The lowest BCUT2D eigenvalue weighted by Gasteiger charge is -2.28. The van der Waals surface area contributed by atoms with Gasteiger partial charge in [0.05, 0.1) is 6.54 Å². The van der Waals surface area contributed by atoms with E-state index in [-0.39, 0.29) is 6.54 Å². The van der Waals surface area contributed by atoms with E-state index in [1.807, 2.05) is 0 Å². The van der Waals surface area contributed by atoms with Crippen LogP contribution >= 0.6 is 11.3 Å². The number of carbonyl (C=O) groups is 2. The number of likely N-dealkylation sites (tertiary alicyclic amines) is 1. The van der Waals surface area contributed by atoms with Gasteiger partial charge in [0.2, 0.25) is 0 Å². The van der Waals surface area contributed by atoms with Crippen LogP contribution < -0.4 is 0 Å². The molecule has 0 aromatic carbocycles. The molecular weight excluding hydrogens is 308 g/mol. The number of rotatable bonds is 4. The molecule has 1 aromatic rings. The Morgan fingerprint density at radius 2 is 2.23 bits per heavy atom. The van der Waals surface area contributed by atoms with E-state index in [4.69, 9.17) is 14.6 Å². The number of aliphatic carboxylic acids is 1. The van der Waals surface area contributed by atoms with E-state index in [0.717, 1.165) is 0 Å². The summed E-state index contributed by atoms with van der Waals surface area (Å²) in [7, 11) is 0. The summed E-state index contributed by atoms with van der Waals surface area (Å²) < 4.78 is 11.0. The molecule has 1 fully saturated rings. The molecule has 1 aliphatic heterocycles. The van der Waals surface area contributed by atoms with Gasteiger partial charge in [-0.3, -0.25) is 0 Å². The van der Waals surface area contributed by atoms with Gasteiger partial charge in [0.25, 0.3) is 0 Å². The molecule has 0 spiro atoms. The van der Waals surface area contributed by atoms with Gasteiger partial charge in [-0.25, -0.2) is 14.6 Å². The molecule has 1 aromatic heterocycles. The molecule has 122 valence electrons. The minimum absolute atomic E-state index is 0.239. The number of carboxylic acids is 1. The molecule has 1 atom stereocenters.